The zero-order valence-electron chi connectivity index (χ0n) is 20.7. The molecule has 0 radical (unpaired) electrons. The number of rotatable bonds is 7. The number of methoxy groups -OCH3 is 2. The Labute approximate surface area is 235 Å². The van der Waals surface area contributed by atoms with Crippen LogP contribution in [0.25, 0.3) is 5.69 Å². The fourth-order valence-corrected chi connectivity index (χ4v) is 3.93. The van der Waals surface area contributed by atoms with Crippen molar-refractivity contribution < 1.29 is 31.8 Å². The van der Waals surface area contributed by atoms with E-state index in [4.69, 9.17) is 32.7 Å². The van der Waals surface area contributed by atoms with Gasteiger partial charge in [0, 0.05) is 34.9 Å². The zero-order valence-corrected chi connectivity index (χ0v) is 22.2. The minimum absolute atomic E-state index is 0.0158. The van der Waals surface area contributed by atoms with E-state index in [-0.39, 0.29) is 39.3 Å². The Bertz CT molecular complexity index is 1520. The molecule has 1 N–H and O–H groups in total. The van der Waals surface area contributed by atoms with E-state index in [2.05, 4.69) is 15.5 Å². The first-order chi connectivity index (χ1) is 19.0. The van der Waals surface area contributed by atoms with Crippen LogP contribution in [0.4, 0.5) is 29.1 Å². The maximum absolute atomic E-state index is 14.1. The fraction of sp³-hybridized carbons (Fsp3) is 0.115. The first kappa shape index (κ1) is 28.7. The second-order valence-corrected chi connectivity index (χ2v) is 8.80. The molecule has 0 bridgehead atoms. The Morgan fingerprint density at radius 1 is 1.00 bits per heavy atom. The van der Waals surface area contributed by atoms with Crippen LogP contribution in [0.5, 0.6) is 11.5 Å². The van der Waals surface area contributed by atoms with Gasteiger partial charge < -0.3 is 9.47 Å². The van der Waals surface area contributed by atoms with E-state index in [1.54, 1.807) is 18.2 Å². The van der Waals surface area contributed by atoms with Gasteiger partial charge in [0.25, 0.3) is 5.91 Å². The first-order valence-electron chi connectivity index (χ1n) is 11.3. The van der Waals surface area contributed by atoms with Gasteiger partial charge in [-0.3, -0.25) is 10.2 Å². The topological polar surface area (TPSA) is 81.0 Å². The Balaban J connectivity index is 1.93. The summed E-state index contributed by atoms with van der Waals surface area (Å²) in [4.78, 5) is 16.6. The molecule has 0 unspecified atom stereocenters. The van der Waals surface area contributed by atoms with Crippen molar-refractivity contribution in [1.29, 1.82) is 0 Å². The van der Waals surface area contributed by atoms with Crippen molar-refractivity contribution in [2.75, 3.05) is 24.7 Å². The summed E-state index contributed by atoms with van der Waals surface area (Å²) in [5.41, 5.74) is 1.59. The van der Waals surface area contributed by atoms with Crippen molar-refractivity contribution in [3.05, 3.63) is 94.9 Å². The minimum Gasteiger partial charge on any atom is -0.497 e. The number of amides is 1. The van der Waals surface area contributed by atoms with Crippen molar-refractivity contribution in [2.45, 2.75) is 6.18 Å². The molecule has 1 aromatic heterocycles. The number of aromatic nitrogens is 2. The lowest BCUT2D eigenvalue weighted by atomic mass is 10.2. The van der Waals surface area contributed by atoms with Crippen molar-refractivity contribution in [2.24, 2.45) is 4.99 Å². The van der Waals surface area contributed by atoms with Crippen LogP contribution in [0.2, 0.25) is 5.02 Å². The third kappa shape index (κ3) is 6.64. The molecule has 4 aromatic rings. The van der Waals surface area contributed by atoms with Crippen LogP contribution in [0, 0.1) is 5.82 Å². The molecule has 0 aliphatic rings. The molecule has 1 heterocycles. The van der Waals surface area contributed by atoms with Crippen LogP contribution in [-0.4, -0.2) is 35.2 Å². The first-order valence-corrected chi connectivity index (χ1v) is 12.0. The number of aliphatic imine (C=N–C) groups is 1. The Hall–Kier alpha value is -4.29. The lowest BCUT2D eigenvalue weighted by Gasteiger charge is -2.25. The normalized spacial score (nSPS) is 11.8. The Morgan fingerprint density at radius 3 is 2.23 bits per heavy atom. The molecule has 4 rings (SSSR count). The lowest BCUT2D eigenvalue weighted by molar-refractivity contribution is -0.141. The number of hydrazine groups is 1. The highest BCUT2D eigenvalue weighted by Gasteiger charge is 2.37. The van der Waals surface area contributed by atoms with E-state index in [1.807, 2.05) is 0 Å². The van der Waals surface area contributed by atoms with Crippen LogP contribution in [-0.2, 0) is 6.18 Å². The molecule has 0 aliphatic heterocycles. The summed E-state index contributed by atoms with van der Waals surface area (Å²) in [6.45, 7) is 0. The highest BCUT2D eigenvalue weighted by atomic mass is 35.5. The van der Waals surface area contributed by atoms with E-state index >= 15 is 0 Å². The van der Waals surface area contributed by atoms with Gasteiger partial charge in [0.05, 0.1) is 25.6 Å². The van der Waals surface area contributed by atoms with Gasteiger partial charge in [0.1, 0.15) is 17.3 Å². The SMILES string of the molecule is COc1cc(OC)cc(-n2nc(C(F)(F)F)cc2N(Nc2cc(F)cc(Cl)c2)C(Cl)=NC(=O)c2ccccc2)c1. The van der Waals surface area contributed by atoms with Gasteiger partial charge in [-0.05, 0) is 41.9 Å². The van der Waals surface area contributed by atoms with Crippen LogP contribution >= 0.6 is 23.2 Å². The second-order valence-electron chi connectivity index (χ2n) is 8.03. The summed E-state index contributed by atoms with van der Waals surface area (Å²) in [6, 6.07) is 16.2. The van der Waals surface area contributed by atoms with Crippen LogP contribution in [0.15, 0.2) is 77.8 Å². The number of carbonyl (C=O) groups excluding carboxylic acids is 1. The van der Waals surface area contributed by atoms with Gasteiger partial charge in [0.2, 0.25) is 5.29 Å². The maximum atomic E-state index is 14.1. The summed E-state index contributed by atoms with van der Waals surface area (Å²) >= 11 is 12.4. The second kappa shape index (κ2) is 11.8. The number of hydrogen-bond acceptors (Lipinski definition) is 5. The summed E-state index contributed by atoms with van der Waals surface area (Å²) in [5, 5.41) is 3.93. The predicted molar refractivity (Wildman–Crippen MR) is 143 cm³/mol. The zero-order chi connectivity index (χ0) is 29.0. The molecule has 208 valence electrons. The van der Waals surface area contributed by atoms with Crippen molar-refractivity contribution in [3.8, 4) is 17.2 Å². The molecule has 0 spiro atoms. The summed E-state index contributed by atoms with van der Waals surface area (Å²) in [7, 11) is 2.73. The van der Waals surface area contributed by atoms with Crippen molar-refractivity contribution in [3.63, 3.8) is 0 Å². The maximum Gasteiger partial charge on any atom is 0.435 e. The third-order valence-corrected chi connectivity index (χ3v) is 5.77. The van der Waals surface area contributed by atoms with Crippen LogP contribution in [0.3, 0.4) is 0 Å². The van der Waals surface area contributed by atoms with E-state index in [9.17, 15) is 22.4 Å². The number of halogens is 6. The van der Waals surface area contributed by atoms with Gasteiger partial charge in [-0.15, -0.1) is 0 Å². The minimum atomic E-state index is -4.87. The van der Waals surface area contributed by atoms with Crippen molar-refractivity contribution in [1.82, 2.24) is 9.78 Å². The van der Waals surface area contributed by atoms with E-state index in [0.717, 1.165) is 21.8 Å². The smallest absolute Gasteiger partial charge is 0.435 e. The molecule has 0 saturated carbocycles. The molecular formula is C26H19Cl2F4N5O3. The Kier molecular flexibility index (Phi) is 8.50. The number of benzene rings is 3. The van der Waals surface area contributed by atoms with Crippen LogP contribution in [0.1, 0.15) is 16.1 Å². The van der Waals surface area contributed by atoms with Gasteiger partial charge >= 0.3 is 6.18 Å². The Morgan fingerprint density at radius 2 is 1.65 bits per heavy atom. The molecule has 1 amide bonds. The standard InChI is InChI=1S/C26H19Cl2F4N5O3/c1-39-20-11-19(12-21(13-20)40-2)36-23(14-22(35-36)26(30,31)32)37(34-18-9-16(27)8-17(29)10-18)25(28)33-24(38)15-6-4-3-5-7-15/h3-14,34H,1-2H3. The van der Waals surface area contributed by atoms with Gasteiger partial charge in [-0.2, -0.15) is 23.3 Å². The number of alkyl halides is 3. The molecule has 0 atom stereocenters. The highest BCUT2D eigenvalue weighted by Crippen LogP contribution is 2.35. The number of nitrogens with one attached hydrogen (secondary N) is 1. The van der Waals surface area contributed by atoms with E-state index in [0.29, 0.717) is 6.07 Å². The molecule has 14 heteroatoms. The van der Waals surface area contributed by atoms with E-state index < -0.39 is 28.9 Å². The van der Waals surface area contributed by atoms with Gasteiger partial charge in [0.15, 0.2) is 11.5 Å². The summed E-state index contributed by atoms with van der Waals surface area (Å²) < 4.78 is 67.1. The summed E-state index contributed by atoms with van der Waals surface area (Å²) in [5.74, 6) is -1.39. The van der Waals surface area contributed by atoms with Gasteiger partial charge in [-0.1, -0.05) is 29.8 Å². The molecule has 8 nitrogen and oxygen atoms in total. The molecule has 3 aromatic carbocycles. The molecular weight excluding hydrogens is 577 g/mol. The highest BCUT2D eigenvalue weighted by molar-refractivity contribution is 6.68. The average molecular weight is 596 g/mol. The van der Waals surface area contributed by atoms with Gasteiger partial charge in [-0.25, -0.2) is 14.1 Å². The molecule has 0 fully saturated rings. The number of ether oxygens (including phenoxy) is 2. The number of anilines is 2. The molecule has 0 aliphatic carbocycles. The quantitative estimate of drug-likeness (QED) is 0.0817. The number of nitrogens with zero attached hydrogens (tertiary/aromatic N) is 4. The average Bonchev–Trinajstić information content (AvgIpc) is 3.37. The van der Waals surface area contributed by atoms with Crippen molar-refractivity contribution >= 4 is 45.9 Å². The monoisotopic (exact) mass is 595 g/mol. The van der Waals surface area contributed by atoms with E-state index in [1.165, 1.54) is 50.6 Å². The van der Waals surface area contributed by atoms with Crippen LogP contribution < -0.4 is 19.9 Å². The third-order valence-electron chi connectivity index (χ3n) is 5.29. The lowest BCUT2D eigenvalue weighted by Crippen LogP contribution is -2.35. The number of carbonyl (C=O) groups is 1. The molecule has 40 heavy (non-hydrogen) atoms. The number of hydrogen-bond donors (Lipinski definition) is 1. The largest absolute Gasteiger partial charge is 0.497 e. The fourth-order valence-electron chi connectivity index (χ4n) is 3.50. The number of amidine groups is 1. The molecule has 0 saturated heterocycles. The predicted octanol–water partition coefficient (Wildman–Crippen LogP) is 6.97. The summed E-state index contributed by atoms with van der Waals surface area (Å²) in [6.07, 6.45) is -4.87.